The van der Waals surface area contributed by atoms with Crippen LogP contribution in [0.4, 0.5) is 0 Å². The van der Waals surface area contributed by atoms with Gasteiger partial charge in [0.25, 0.3) is 0 Å². The van der Waals surface area contributed by atoms with Crippen LogP contribution in [0.15, 0.2) is 12.2 Å². The number of rotatable bonds is 5. The molecule has 0 radical (unpaired) electrons. The molecule has 186 valence electrons. The summed E-state index contributed by atoms with van der Waals surface area (Å²) in [5.41, 5.74) is -1.68. The fourth-order valence-electron chi connectivity index (χ4n) is 11.0. The lowest BCUT2D eigenvalue weighted by Crippen LogP contribution is -2.58. The van der Waals surface area contributed by atoms with Gasteiger partial charge in [0.05, 0.1) is 5.92 Å². The molecule has 7 unspecified atom stereocenters. The van der Waals surface area contributed by atoms with Gasteiger partial charge in [-0.1, -0.05) is 12.2 Å². The summed E-state index contributed by atoms with van der Waals surface area (Å²) in [7, 11) is 0. The summed E-state index contributed by atoms with van der Waals surface area (Å²) >= 11 is 0. The number of carbonyl (C=O) groups excluding carboxylic acids is 2. The smallest absolute Gasteiger partial charge is 0.350 e. The minimum atomic E-state index is -1.24. The third kappa shape index (κ3) is 2.95. The quantitative estimate of drug-likeness (QED) is 0.286. The van der Waals surface area contributed by atoms with Crippen LogP contribution < -0.4 is 0 Å². The first-order valence-electron chi connectivity index (χ1n) is 14.2. The van der Waals surface area contributed by atoms with Crippen LogP contribution in [-0.2, 0) is 19.1 Å². The second-order valence-corrected chi connectivity index (χ2v) is 14.6. The van der Waals surface area contributed by atoms with E-state index in [0.717, 1.165) is 36.0 Å². The van der Waals surface area contributed by atoms with Crippen LogP contribution >= 0.6 is 0 Å². The fourth-order valence-corrected chi connectivity index (χ4v) is 11.0. The lowest BCUT2D eigenvalue weighted by Gasteiger charge is -2.61. The van der Waals surface area contributed by atoms with E-state index in [0.29, 0.717) is 23.7 Å². The number of ether oxygens (including phenoxy) is 2. The van der Waals surface area contributed by atoms with Crippen molar-refractivity contribution in [2.24, 2.45) is 64.6 Å². The maximum absolute atomic E-state index is 13.5. The van der Waals surface area contributed by atoms with E-state index in [-0.39, 0.29) is 23.3 Å². The van der Waals surface area contributed by atoms with Crippen molar-refractivity contribution in [1.82, 2.24) is 0 Å². The van der Waals surface area contributed by atoms with Crippen molar-refractivity contribution in [2.45, 2.75) is 96.7 Å². The summed E-state index contributed by atoms with van der Waals surface area (Å²) < 4.78 is 12.3. The molecule has 8 rings (SSSR count). The van der Waals surface area contributed by atoms with Crippen LogP contribution in [-0.4, -0.2) is 23.1 Å². The summed E-state index contributed by atoms with van der Waals surface area (Å²) in [5.74, 6) is 5.82. The number of hydrogen-bond acceptors (Lipinski definition) is 4. The van der Waals surface area contributed by atoms with Gasteiger partial charge >= 0.3 is 11.9 Å². The highest BCUT2D eigenvalue weighted by atomic mass is 16.6. The van der Waals surface area contributed by atoms with Crippen molar-refractivity contribution in [3.8, 4) is 0 Å². The molecule has 0 aromatic heterocycles. The maximum Gasteiger partial charge on any atom is 0.350 e. The number of hydrogen-bond donors (Lipinski definition) is 0. The van der Waals surface area contributed by atoms with Gasteiger partial charge in [-0.15, -0.1) is 0 Å². The van der Waals surface area contributed by atoms with Crippen LogP contribution in [0.25, 0.3) is 0 Å². The van der Waals surface area contributed by atoms with Crippen molar-refractivity contribution >= 4 is 11.9 Å². The number of allylic oxidation sites excluding steroid dienone is 2. The van der Waals surface area contributed by atoms with E-state index < -0.39 is 11.2 Å². The Balaban J connectivity index is 1.03. The van der Waals surface area contributed by atoms with Crippen LogP contribution in [0.2, 0.25) is 0 Å². The first kappa shape index (κ1) is 21.9. The zero-order valence-corrected chi connectivity index (χ0v) is 21.4. The molecule has 0 aliphatic heterocycles. The second-order valence-electron chi connectivity index (χ2n) is 14.6. The highest BCUT2D eigenvalue weighted by molar-refractivity contribution is 5.84. The zero-order chi connectivity index (χ0) is 23.6. The normalized spacial score (nSPS) is 49.5. The molecular formula is C30H42O4. The van der Waals surface area contributed by atoms with Crippen molar-refractivity contribution in [3.63, 3.8) is 0 Å². The van der Waals surface area contributed by atoms with Crippen LogP contribution in [0.5, 0.6) is 0 Å². The molecule has 0 N–H and O–H groups in total. The van der Waals surface area contributed by atoms with Crippen molar-refractivity contribution in [1.29, 1.82) is 0 Å². The van der Waals surface area contributed by atoms with E-state index in [1.54, 1.807) is 13.8 Å². The highest BCUT2D eigenvalue weighted by Crippen LogP contribution is 2.67. The lowest BCUT2D eigenvalue weighted by molar-refractivity contribution is -0.216. The Hall–Kier alpha value is -1.32. The summed E-state index contributed by atoms with van der Waals surface area (Å²) in [6.07, 6.45) is 15.9. The van der Waals surface area contributed by atoms with E-state index >= 15 is 0 Å². The molecule has 0 heterocycles. The monoisotopic (exact) mass is 466 g/mol. The first-order valence-corrected chi connectivity index (χ1v) is 14.2. The van der Waals surface area contributed by atoms with Crippen molar-refractivity contribution in [3.05, 3.63) is 12.2 Å². The number of esters is 2. The summed E-state index contributed by atoms with van der Waals surface area (Å²) in [6, 6.07) is 0. The molecule has 34 heavy (non-hydrogen) atoms. The zero-order valence-electron chi connectivity index (χ0n) is 21.4. The van der Waals surface area contributed by atoms with Crippen molar-refractivity contribution in [2.75, 3.05) is 0 Å². The number of fused-ring (bicyclic) bond motifs is 9. The largest absolute Gasteiger partial charge is 0.456 e. The molecule has 0 amide bonds. The molecule has 0 aromatic carbocycles. The number of carbonyl (C=O) groups is 2. The molecule has 8 bridgehead atoms. The third-order valence-electron chi connectivity index (χ3n) is 12.1. The SMILES string of the molecule is CC(C)(OC(=O)C1CC2CC1C1C3C=CC(C3)C21)C(=O)OC(C)(C)C12CC3CC(CC(C3)C1)C2. The Morgan fingerprint density at radius 3 is 1.97 bits per heavy atom. The summed E-state index contributed by atoms with van der Waals surface area (Å²) in [6.45, 7) is 7.71. The molecule has 0 saturated heterocycles. The molecule has 4 heteroatoms. The van der Waals surface area contributed by atoms with Gasteiger partial charge in [0.2, 0.25) is 5.60 Å². The third-order valence-corrected chi connectivity index (χ3v) is 12.1. The van der Waals surface area contributed by atoms with Crippen molar-refractivity contribution < 1.29 is 19.1 Å². The predicted molar refractivity (Wildman–Crippen MR) is 128 cm³/mol. The van der Waals surface area contributed by atoms with Gasteiger partial charge in [0.15, 0.2) is 0 Å². The Bertz CT molecular complexity index is 908. The van der Waals surface area contributed by atoms with Crippen LogP contribution in [0, 0.1) is 64.6 Å². The second kappa shape index (κ2) is 6.91. The van der Waals surface area contributed by atoms with E-state index in [1.807, 2.05) is 0 Å². The van der Waals surface area contributed by atoms with Gasteiger partial charge in [-0.2, -0.15) is 0 Å². The van der Waals surface area contributed by atoms with Gasteiger partial charge < -0.3 is 9.47 Å². The molecule has 8 aliphatic carbocycles. The van der Waals surface area contributed by atoms with E-state index in [1.165, 1.54) is 51.4 Å². The standard InChI is InChI=1S/C30H42O4/c1-28(2,27(32)34-29(3,4)30-13-16-7-17(14-30)9-18(8-16)15-30)33-26(31)23-12-21-11-22(23)25-20-6-5-19(10-20)24(21)25/h5-6,16-25H,7-15H2,1-4H3. The average molecular weight is 467 g/mol. The first-order chi connectivity index (χ1) is 16.1. The van der Waals surface area contributed by atoms with E-state index in [9.17, 15) is 9.59 Å². The molecule has 7 saturated carbocycles. The summed E-state index contributed by atoms with van der Waals surface area (Å²) in [5, 5.41) is 0. The Labute approximate surface area is 204 Å². The minimum Gasteiger partial charge on any atom is -0.456 e. The minimum absolute atomic E-state index is 0.0396. The Morgan fingerprint density at radius 2 is 1.35 bits per heavy atom. The lowest BCUT2D eigenvalue weighted by atomic mass is 9.46. The van der Waals surface area contributed by atoms with Gasteiger partial charge in [-0.25, -0.2) is 4.79 Å². The molecule has 7 atom stereocenters. The maximum atomic E-state index is 13.5. The molecule has 0 aromatic rings. The topological polar surface area (TPSA) is 52.6 Å². The predicted octanol–water partition coefficient (Wildman–Crippen LogP) is 5.94. The Kier molecular flexibility index (Phi) is 4.46. The average Bonchev–Trinajstić information content (AvgIpc) is 3.51. The highest BCUT2D eigenvalue weighted by Gasteiger charge is 2.63. The summed E-state index contributed by atoms with van der Waals surface area (Å²) in [4.78, 5) is 26.9. The van der Waals surface area contributed by atoms with Gasteiger partial charge in [0, 0.05) is 5.41 Å². The Morgan fingerprint density at radius 1 is 0.765 bits per heavy atom. The van der Waals surface area contributed by atoms with Gasteiger partial charge in [0.1, 0.15) is 5.60 Å². The van der Waals surface area contributed by atoms with Crippen LogP contribution in [0.1, 0.15) is 85.5 Å². The molecule has 0 spiro atoms. The fraction of sp³-hybridized carbons (Fsp3) is 0.867. The molecular weight excluding hydrogens is 424 g/mol. The van der Waals surface area contributed by atoms with Gasteiger partial charge in [-0.05, 0) is 139 Å². The molecule has 4 nitrogen and oxygen atoms in total. The van der Waals surface area contributed by atoms with Gasteiger partial charge in [-0.3, -0.25) is 4.79 Å². The molecule has 8 aliphatic rings. The van der Waals surface area contributed by atoms with E-state index in [4.69, 9.17) is 9.47 Å². The molecule has 7 fully saturated rings. The van der Waals surface area contributed by atoms with E-state index in [2.05, 4.69) is 26.0 Å². The van der Waals surface area contributed by atoms with Crippen LogP contribution in [0.3, 0.4) is 0 Å².